The molecule has 1 fully saturated rings. The predicted octanol–water partition coefficient (Wildman–Crippen LogP) is 1.95. The first kappa shape index (κ1) is 13.0. The van der Waals surface area contributed by atoms with Crippen LogP contribution in [0.15, 0.2) is 24.3 Å². The topological polar surface area (TPSA) is 81.2 Å². The summed E-state index contributed by atoms with van der Waals surface area (Å²) in [6.07, 6.45) is 4.31. The third-order valence-electron chi connectivity index (χ3n) is 3.49. The van der Waals surface area contributed by atoms with Crippen LogP contribution in [-0.4, -0.2) is 17.0 Å². The Morgan fingerprint density at radius 3 is 2.72 bits per heavy atom. The van der Waals surface area contributed by atoms with E-state index in [1.165, 1.54) is 6.07 Å². The van der Waals surface area contributed by atoms with Crippen molar-refractivity contribution in [1.29, 1.82) is 0 Å². The first-order valence-electron chi connectivity index (χ1n) is 6.37. The largest absolute Gasteiger partial charge is 0.328 e. The number of hydrogen-bond donors (Lipinski definition) is 2. The number of nitrogens with one attached hydrogen (secondary N) is 1. The van der Waals surface area contributed by atoms with Crippen LogP contribution in [0.25, 0.3) is 0 Å². The average Bonchev–Trinajstić information content (AvgIpc) is 2.38. The van der Waals surface area contributed by atoms with Crippen molar-refractivity contribution in [3.63, 3.8) is 0 Å². The fraction of sp³-hybridized carbons (Fsp3) is 0.538. The Balaban J connectivity index is 1.86. The summed E-state index contributed by atoms with van der Waals surface area (Å²) < 4.78 is 0. The van der Waals surface area contributed by atoms with E-state index in [-0.39, 0.29) is 10.6 Å². The van der Waals surface area contributed by atoms with E-state index in [0.29, 0.717) is 18.6 Å². The number of non-ortho nitro benzene ring substituents is 1. The summed E-state index contributed by atoms with van der Waals surface area (Å²) in [7, 11) is 0. The zero-order valence-electron chi connectivity index (χ0n) is 10.3. The molecule has 1 aromatic carbocycles. The fourth-order valence-corrected chi connectivity index (χ4v) is 2.37. The number of nitrogens with two attached hydrogens (primary N) is 1. The first-order chi connectivity index (χ1) is 8.65. The monoisotopic (exact) mass is 249 g/mol. The predicted molar refractivity (Wildman–Crippen MR) is 70.2 cm³/mol. The van der Waals surface area contributed by atoms with E-state index < -0.39 is 0 Å². The van der Waals surface area contributed by atoms with Crippen molar-refractivity contribution in [2.24, 2.45) is 5.73 Å². The lowest BCUT2D eigenvalue weighted by atomic mass is 9.92. The maximum Gasteiger partial charge on any atom is 0.269 e. The van der Waals surface area contributed by atoms with E-state index in [9.17, 15) is 10.1 Å². The van der Waals surface area contributed by atoms with Gasteiger partial charge in [-0.15, -0.1) is 0 Å². The van der Waals surface area contributed by atoms with Gasteiger partial charge < -0.3 is 11.1 Å². The number of hydrogen-bond acceptors (Lipinski definition) is 4. The van der Waals surface area contributed by atoms with Crippen molar-refractivity contribution in [1.82, 2.24) is 5.32 Å². The molecule has 1 saturated carbocycles. The molecule has 0 heterocycles. The Morgan fingerprint density at radius 2 is 2.06 bits per heavy atom. The van der Waals surface area contributed by atoms with Crippen molar-refractivity contribution in [2.75, 3.05) is 0 Å². The molecule has 98 valence electrons. The zero-order valence-corrected chi connectivity index (χ0v) is 10.3. The van der Waals surface area contributed by atoms with Gasteiger partial charge in [0.1, 0.15) is 0 Å². The van der Waals surface area contributed by atoms with Crippen LogP contribution in [-0.2, 0) is 6.54 Å². The average molecular weight is 249 g/mol. The third-order valence-corrected chi connectivity index (χ3v) is 3.49. The maximum atomic E-state index is 10.7. The van der Waals surface area contributed by atoms with Crippen LogP contribution in [0.2, 0.25) is 0 Å². The highest BCUT2D eigenvalue weighted by atomic mass is 16.6. The van der Waals surface area contributed by atoms with E-state index in [1.54, 1.807) is 12.1 Å². The van der Waals surface area contributed by atoms with Gasteiger partial charge >= 0.3 is 0 Å². The molecule has 1 aliphatic rings. The second-order valence-corrected chi connectivity index (χ2v) is 4.92. The lowest BCUT2D eigenvalue weighted by molar-refractivity contribution is -0.384. The molecule has 0 amide bonds. The molecule has 2 rings (SSSR count). The van der Waals surface area contributed by atoms with Gasteiger partial charge in [0.25, 0.3) is 5.69 Å². The van der Waals surface area contributed by atoms with Gasteiger partial charge in [-0.05, 0) is 31.2 Å². The van der Waals surface area contributed by atoms with Gasteiger partial charge in [0, 0.05) is 30.8 Å². The van der Waals surface area contributed by atoms with Crippen molar-refractivity contribution in [3.8, 4) is 0 Å². The molecule has 5 heteroatoms. The Bertz CT molecular complexity index is 414. The summed E-state index contributed by atoms with van der Waals surface area (Å²) in [5, 5.41) is 14.1. The van der Waals surface area contributed by atoms with Gasteiger partial charge in [-0.1, -0.05) is 12.1 Å². The number of nitro benzene ring substituents is 1. The second kappa shape index (κ2) is 5.93. The Kier molecular flexibility index (Phi) is 4.28. The quantitative estimate of drug-likeness (QED) is 0.631. The summed E-state index contributed by atoms with van der Waals surface area (Å²) in [6.45, 7) is 0.682. The van der Waals surface area contributed by atoms with E-state index in [4.69, 9.17) is 5.73 Å². The van der Waals surface area contributed by atoms with Crippen LogP contribution in [0.3, 0.4) is 0 Å². The van der Waals surface area contributed by atoms with Crippen molar-refractivity contribution < 1.29 is 4.92 Å². The maximum absolute atomic E-state index is 10.7. The molecule has 5 nitrogen and oxygen atoms in total. The number of nitro groups is 1. The molecule has 0 aromatic heterocycles. The lowest BCUT2D eigenvalue weighted by Gasteiger charge is -2.26. The van der Waals surface area contributed by atoms with E-state index in [1.807, 2.05) is 6.07 Å². The summed E-state index contributed by atoms with van der Waals surface area (Å²) in [5.41, 5.74) is 6.96. The standard InChI is InChI=1S/C13H19N3O2/c14-11-4-6-12(7-5-11)15-9-10-2-1-3-13(8-10)16(17)18/h1-3,8,11-12,15H,4-7,9,14H2. The van der Waals surface area contributed by atoms with Gasteiger partial charge in [0.15, 0.2) is 0 Å². The van der Waals surface area contributed by atoms with Crippen LogP contribution in [0, 0.1) is 10.1 Å². The van der Waals surface area contributed by atoms with Crippen molar-refractivity contribution in [2.45, 2.75) is 44.3 Å². The van der Waals surface area contributed by atoms with Crippen molar-refractivity contribution in [3.05, 3.63) is 39.9 Å². The summed E-state index contributed by atoms with van der Waals surface area (Å²) in [5.74, 6) is 0. The zero-order chi connectivity index (χ0) is 13.0. The van der Waals surface area contributed by atoms with Gasteiger partial charge in [-0.3, -0.25) is 10.1 Å². The molecule has 0 unspecified atom stereocenters. The SMILES string of the molecule is NC1CCC(NCc2cccc([N+](=O)[O-])c2)CC1. The molecule has 0 atom stereocenters. The number of benzene rings is 1. The van der Waals surface area contributed by atoms with Crippen LogP contribution in [0.1, 0.15) is 31.2 Å². The molecular formula is C13H19N3O2. The van der Waals surface area contributed by atoms with Gasteiger partial charge in [0.2, 0.25) is 0 Å². The molecule has 0 aliphatic heterocycles. The Labute approximate surface area is 107 Å². The van der Waals surface area contributed by atoms with Crippen molar-refractivity contribution >= 4 is 5.69 Å². The summed E-state index contributed by atoms with van der Waals surface area (Å²) >= 11 is 0. The highest BCUT2D eigenvalue weighted by Gasteiger charge is 2.17. The lowest BCUT2D eigenvalue weighted by Crippen LogP contribution is -2.37. The van der Waals surface area contributed by atoms with Gasteiger partial charge in [-0.2, -0.15) is 0 Å². The van der Waals surface area contributed by atoms with E-state index >= 15 is 0 Å². The number of rotatable bonds is 4. The highest BCUT2D eigenvalue weighted by molar-refractivity contribution is 5.34. The molecule has 0 bridgehead atoms. The van der Waals surface area contributed by atoms with E-state index in [0.717, 1.165) is 31.2 Å². The van der Waals surface area contributed by atoms with Crippen LogP contribution in [0.5, 0.6) is 0 Å². The fourth-order valence-electron chi connectivity index (χ4n) is 2.37. The minimum atomic E-state index is -0.358. The molecule has 0 radical (unpaired) electrons. The molecule has 0 saturated heterocycles. The first-order valence-corrected chi connectivity index (χ1v) is 6.37. The van der Waals surface area contributed by atoms with Gasteiger partial charge in [-0.25, -0.2) is 0 Å². The highest BCUT2D eigenvalue weighted by Crippen LogP contribution is 2.18. The molecular weight excluding hydrogens is 230 g/mol. The van der Waals surface area contributed by atoms with Crippen LogP contribution < -0.4 is 11.1 Å². The Hall–Kier alpha value is -1.46. The molecule has 0 spiro atoms. The summed E-state index contributed by atoms with van der Waals surface area (Å²) in [6, 6.07) is 7.62. The third kappa shape index (κ3) is 3.51. The normalized spacial score (nSPS) is 23.8. The van der Waals surface area contributed by atoms with Crippen LogP contribution in [0.4, 0.5) is 5.69 Å². The number of nitrogens with zero attached hydrogens (tertiary/aromatic N) is 1. The second-order valence-electron chi connectivity index (χ2n) is 4.92. The summed E-state index contributed by atoms with van der Waals surface area (Å²) in [4.78, 5) is 10.3. The molecule has 3 N–H and O–H groups in total. The van der Waals surface area contributed by atoms with E-state index in [2.05, 4.69) is 5.32 Å². The minimum absolute atomic E-state index is 0.153. The molecule has 18 heavy (non-hydrogen) atoms. The van der Waals surface area contributed by atoms with Gasteiger partial charge in [0.05, 0.1) is 4.92 Å². The Morgan fingerprint density at radius 1 is 1.33 bits per heavy atom. The smallest absolute Gasteiger partial charge is 0.269 e. The molecule has 1 aliphatic carbocycles. The minimum Gasteiger partial charge on any atom is -0.328 e. The molecule has 1 aromatic rings. The van der Waals surface area contributed by atoms with Crippen LogP contribution >= 0.6 is 0 Å².